The molecular weight excluding hydrogens is 175 g/mol. The molecule has 12 heavy (non-hydrogen) atoms. The third kappa shape index (κ3) is 2.94. The molecule has 1 unspecified atom stereocenters. The summed E-state index contributed by atoms with van der Waals surface area (Å²) in [5, 5.41) is 8.66. The highest BCUT2D eigenvalue weighted by molar-refractivity contribution is 7.61. The number of hydrogen-bond acceptors (Lipinski definition) is 3. The Morgan fingerprint density at radius 3 is 2.42 bits per heavy atom. The summed E-state index contributed by atoms with van der Waals surface area (Å²) in [5.74, 6) is 1.72. The molecule has 0 aromatic carbocycles. The summed E-state index contributed by atoms with van der Waals surface area (Å²) in [6, 6.07) is 0. The largest absolute Gasteiger partial charge is 0.371 e. The van der Waals surface area contributed by atoms with E-state index in [4.69, 9.17) is 9.79 Å². The standard InChI is InChI=1S/C7H15N2O2P/c1-5-9(4)12(10,6-8)11-7(2)3/h7H,5H2,1-4H3. The average Bonchev–Trinajstić information content (AvgIpc) is 2.01. The van der Waals surface area contributed by atoms with E-state index >= 15 is 0 Å². The van der Waals surface area contributed by atoms with E-state index in [9.17, 15) is 4.57 Å². The van der Waals surface area contributed by atoms with Gasteiger partial charge in [-0.15, -0.1) is 0 Å². The van der Waals surface area contributed by atoms with Crippen LogP contribution >= 0.6 is 7.52 Å². The highest BCUT2D eigenvalue weighted by Crippen LogP contribution is 2.49. The molecule has 0 amide bonds. The van der Waals surface area contributed by atoms with Crippen LogP contribution in [0.4, 0.5) is 0 Å². The summed E-state index contributed by atoms with van der Waals surface area (Å²) in [5.41, 5.74) is 0. The van der Waals surface area contributed by atoms with Gasteiger partial charge in [-0.1, -0.05) is 6.92 Å². The van der Waals surface area contributed by atoms with Crippen LogP contribution in [0.25, 0.3) is 0 Å². The molecular formula is C7H15N2O2P. The Balaban J connectivity index is 4.49. The maximum absolute atomic E-state index is 11.7. The molecule has 5 heteroatoms. The Morgan fingerprint density at radius 2 is 2.17 bits per heavy atom. The van der Waals surface area contributed by atoms with Crippen molar-refractivity contribution in [2.45, 2.75) is 26.9 Å². The van der Waals surface area contributed by atoms with Gasteiger partial charge in [0.05, 0.1) is 6.10 Å². The zero-order valence-electron chi connectivity index (χ0n) is 7.94. The van der Waals surface area contributed by atoms with Crippen molar-refractivity contribution in [3.63, 3.8) is 0 Å². The minimum Gasteiger partial charge on any atom is -0.304 e. The van der Waals surface area contributed by atoms with E-state index in [-0.39, 0.29) is 6.10 Å². The lowest BCUT2D eigenvalue weighted by atomic mass is 10.5. The Morgan fingerprint density at radius 1 is 1.67 bits per heavy atom. The Labute approximate surface area is 73.6 Å². The molecule has 4 nitrogen and oxygen atoms in total. The number of rotatable bonds is 4. The van der Waals surface area contributed by atoms with Gasteiger partial charge in [-0.25, -0.2) is 4.67 Å². The summed E-state index contributed by atoms with van der Waals surface area (Å²) >= 11 is 0. The molecule has 0 fully saturated rings. The van der Waals surface area contributed by atoms with Crippen molar-refractivity contribution in [3.05, 3.63) is 0 Å². The zero-order valence-corrected chi connectivity index (χ0v) is 8.84. The molecule has 0 saturated heterocycles. The molecule has 70 valence electrons. The molecule has 0 aromatic heterocycles. The molecule has 0 heterocycles. The van der Waals surface area contributed by atoms with Crippen molar-refractivity contribution in [2.75, 3.05) is 13.6 Å². The SMILES string of the molecule is CCN(C)P(=O)(C#N)OC(C)C. The van der Waals surface area contributed by atoms with E-state index < -0.39 is 7.52 Å². The first-order valence-electron chi connectivity index (χ1n) is 3.87. The van der Waals surface area contributed by atoms with Gasteiger partial charge >= 0.3 is 7.52 Å². The second-order valence-corrected chi connectivity index (χ2v) is 4.88. The Kier molecular flexibility index (Phi) is 4.47. The highest BCUT2D eigenvalue weighted by Gasteiger charge is 2.28. The second kappa shape index (κ2) is 4.61. The topological polar surface area (TPSA) is 53.3 Å². The molecule has 0 bridgehead atoms. The molecule has 0 aliphatic carbocycles. The molecule has 0 aliphatic heterocycles. The van der Waals surface area contributed by atoms with Crippen LogP contribution < -0.4 is 0 Å². The van der Waals surface area contributed by atoms with Crippen LogP contribution in [0.1, 0.15) is 20.8 Å². The van der Waals surface area contributed by atoms with Gasteiger partial charge in [-0.3, -0.25) is 4.57 Å². The second-order valence-electron chi connectivity index (χ2n) is 2.75. The smallest absolute Gasteiger partial charge is 0.304 e. The zero-order chi connectivity index (χ0) is 9.78. The van der Waals surface area contributed by atoms with E-state index in [0.29, 0.717) is 6.54 Å². The van der Waals surface area contributed by atoms with E-state index in [1.807, 2.05) is 6.92 Å². The number of nitriles is 1. The fourth-order valence-corrected chi connectivity index (χ4v) is 1.96. The first-order chi connectivity index (χ1) is 5.46. The van der Waals surface area contributed by atoms with Crippen LogP contribution in [0, 0.1) is 11.1 Å². The van der Waals surface area contributed by atoms with Crippen molar-refractivity contribution in [2.24, 2.45) is 0 Å². The molecule has 0 N–H and O–H groups in total. The van der Waals surface area contributed by atoms with E-state index in [1.165, 1.54) is 4.67 Å². The summed E-state index contributed by atoms with van der Waals surface area (Å²) in [6.45, 7) is 5.88. The van der Waals surface area contributed by atoms with Gasteiger partial charge in [-0.2, -0.15) is 5.26 Å². The van der Waals surface area contributed by atoms with Crippen molar-refractivity contribution in [1.29, 1.82) is 5.26 Å². The molecule has 0 aromatic rings. The fourth-order valence-electron chi connectivity index (χ4n) is 0.652. The summed E-state index contributed by atoms with van der Waals surface area (Å²) in [7, 11) is -1.59. The monoisotopic (exact) mass is 190 g/mol. The summed E-state index contributed by atoms with van der Waals surface area (Å²) in [4.78, 5) is 0. The molecule has 0 rings (SSSR count). The first kappa shape index (κ1) is 11.6. The van der Waals surface area contributed by atoms with Crippen LogP contribution in [0.5, 0.6) is 0 Å². The van der Waals surface area contributed by atoms with Gasteiger partial charge in [-0.05, 0) is 20.9 Å². The van der Waals surface area contributed by atoms with Crippen molar-refractivity contribution < 1.29 is 9.09 Å². The number of nitrogens with zero attached hydrogens (tertiary/aromatic N) is 2. The van der Waals surface area contributed by atoms with Crippen LogP contribution in [0.2, 0.25) is 0 Å². The molecule has 0 radical (unpaired) electrons. The summed E-state index contributed by atoms with van der Waals surface area (Å²) < 4.78 is 18.2. The van der Waals surface area contributed by atoms with Gasteiger partial charge in [0.25, 0.3) is 0 Å². The van der Waals surface area contributed by atoms with Gasteiger partial charge in [0, 0.05) is 6.54 Å². The van der Waals surface area contributed by atoms with E-state index in [2.05, 4.69) is 0 Å². The van der Waals surface area contributed by atoms with E-state index in [1.54, 1.807) is 26.7 Å². The van der Waals surface area contributed by atoms with Crippen molar-refractivity contribution in [3.8, 4) is 5.81 Å². The predicted molar refractivity (Wildman–Crippen MR) is 47.7 cm³/mol. The van der Waals surface area contributed by atoms with Crippen molar-refractivity contribution >= 4 is 7.52 Å². The Bertz CT molecular complexity index is 222. The third-order valence-electron chi connectivity index (χ3n) is 1.39. The van der Waals surface area contributed by atoms with Crippen LogP contribution in [-0.2, 0) is 9.09 Å². The minimum atomic E-state index is -3.21. The predicted octanol–water partition coefficient (Wildman–Crippen LogP) is 2.04. The van der Waals surface area contributed by atoms with Gasteiger partial charge < -0.3 is 4.52 Å². The van der Waals surface area contributed by atoms with Gasteiger partial charge in [0.2, 0.25) is 0 Å². The summed E-state index contributed by atoms with van der Waals surface area (Å²) in [6.07, 6.45) is -0.190. The maximum Gasteiger partial charge on any atom is 0.371 e. The van der Waals surface area contributed by atoms with Gasteiger partial charge in [0.15, 0.2) is 5.81 Å². The minimum absolute atomic E-state index is 0.190. The number of hydrogen-bond donors (Lipinski definition) is 0. The van der Waals surface area contributed by atoms with Crippen molar-refractivity contribution in [1.82, 2.24) is 4.67 Å². The molecule has 0 spiro atoms. The lowest BCUT2D eigenvalue weighted by molar-refractivity contribution is 0.223. The lowest BCUT2D eigenvalue weighted by Crippen LogP contribution is -2.17. The van der Waals surface area contributed by atoms with Crippen LogP contribution in [-0.4, -0.2) is 24.4 Å². The lowest BCUT2D eigenvalue weighted by Gasteiger charge is -2.21. The fraction of sp³-hybridized carbons (Fsp3) is 0.857. The quantitative estimate of drug-likeness (QED) is 0.636. The maximum atomic E-state index is 11.7. The van der Waals surface area contributed by atoms with Gasteiger partial charge in [0.1, 0.15) is 0 Å². The molecule has 1 atom stereocenters. The van der Waals surface area contributed by atoms with E-state index in [0.717, 1.165) is 0 Å². The third-order valence-corrected chi connectivity index (χ3v) is 3.53. The van der Waals surface area contributed by atoms with Crippen LogP contribution in [0.3, 0.4) is 0 Å². The molecule has 0 aliphatic rings. The molecule has 0 saturated carbocycles. The Hall–Kier alpha value is -0.360. The first-order valence-corrected chi connectivity index (χ1v) is 5.45. The normalized spacial score (nSPS) is 16.1. The highest BCUT2D eigenvalue weighted by atomic mass is 31.2. The van der Waals surface area contributed by atoms with Crippen LogP contribution in [0.15, 0.2) is 0 Å². The average molecular weight is 190 g/mol.